The average molecular weight is 288 g/mol. The Morgan fingerprint density at radius 3 is 2.45 bits per heavy atom. The molecule has 0 aliphatic heterocycles. The van der Waals surface area contributed by atoms with E-state index in [9.17, 15) is 9.18 Å². The lowest BCUT2D eigenvalue weighted by molar-refractivity contribution is 0.618. The van der Waals surface area contributed by atoms with Gasteiger partial charge in [0.25, 0.3) is 5.56 Å². The third kappa shape index (κ3) is 1.82. The first kappa shape index (κ1) is 12.9. The quantitative estimate of drug-likeness (QED) is 0.661. The van der Waals surface area contributed by atoms with Crippen LogP contribution in [0.5, 0.6) is 0 Å². The lowest BCUT2D eigenvalue weighted by atomic mass is 10.1. The van der Waals surface area contributed by atoms with Crippen molar-refractivity contribution in [3.8, 4) is 5.69 Å². The van der Waals surface area contributed by atoms with Gasteiger partial charge in [-0.05, 0) is 25.1 Å². The van der Waals surface area contributed by atoms with Gasteiger partial charge in [-0.25, -0.2) is 4.39 Å². The first-order valence-corrected chi connectivity index (χ1v) is 6.54. The minimum Gasteiger partial charge on any atom is -0.274 e. The first-order valence-electron chi connectivity index (χ1n) is 6.16. The zero-order chi connectivity index (χ0) is 14.3. The summed E-state index contributed by atoms with van der Waals surface area (Å²) in [6, 6.07) is 13.4. The molecule has 20 heavy (non-hydrogen) atoms. The summed E-state index contributed by atoms with van der Waals surface area (Å²) in [6.07, 6.45) is 0. The standard InChI is InChI=1S/C16H11ClFNO/c1-10-15(17)11-6-2-4-8-13(11)19(16(10)20)14-9-5-3-7-12(14)18/h2-9H,1H3. The van der Waals surface area contributed by atoms with Crippen molar-refractivity contribution in [2.75, 3.05) is 0 Å². The van der Waals surface area contributed by atoms with Gasteiger partial charge in [-0.3, -0.25) is 9.36 Å². The Morgan fingerprint density at radius 2 is 1.70 bits per heavy atom. The number of pyridine rings is 1. The molecule has 0 unspecified atom stereocenters. The molecule has 0 bridgehead atoms. The van der Waals surface area contributed by atoms with Crippen molar-refractivity contribution in [3.63, 3.8) is 0 Å². The van der Waals surface area contributed by atoms with Crippen LogP contribution in [0.4, 0.5) is 4.39 Å². The second kappa shape index (κ2) is 4.76. The molecule has 4 heteroatoms. The molecule has 0 aliphatic rings. The molecule has 0 N–H and O–H groups in total. The number of fused-ring (bicyclic) bond motifs is 1. The van der Waals surface area contributed by atoms with Crippen molar-refractivity contribution in [2.24, 2.45) is 0 Å². The van der Waals surface area contributed by atoms with Crippen molar-refractivity contribution in [1.29, 1.82) is 0 Å². The topological polar surface area (TPSA) is 22.0 Å². The molecule has 0 amide bonds. The molecule has 0 atom stereocenters. The molecule has 2 aromatic carbocycles. The fourth-order valence-corrected chi connectivity index (χ4v) is 2.54. The molecule has 1 aromatic heterocycles. The highest BCUT2D eigenvalue weighted by molar-refractivity contribution is 6.36. The fourth-order valence-electron chi connectivity index (χ4n) is 2.30. The Balaban J connectivity index is 2.54. The highest BCUT2D eigenvalue weighted by Crippen LogP contribution is 2.26. The van der Waals surface area contributed by atoms with Gasteiger partial charge in [0.1, 0.15) is 5.82 Å². The highest BCUT2D eigenvalue weighted by atomic mass is 35.5. The number of hydrogen-bond donors (Lipinski definition) is 0. The van der Waals surface area contributed by atoms with Crippen molar-refractivity contribution < 1.29 is 4.39 Å². The molecule has 0 fully saturated rings. The van der Waals surface area contributed by atoms with Gasteiger partial charge in [0.2, 0.25) is 0 Å². The van der Waals surface area contributed by atoms with Crippen LogP contribution in [-0.4, -0.2) is 4.57 Å². The molecule has 100 valence electrons. The van der Waals surface area contributed by atoms with Crippen LogP contribution in [0.2, 0.25) is 5.02 Å². The molecular formula is C16H11ClFNO. The summed E-state index contributed by atoms with van der Waals surface area (Å²) in [5.74, 6) is -0.443. The molecule has 2 nitrogen and oxygen atoms in total. The maximum atomic E-state index is 14.0. The summed E-state index contributed by atoms with van der Waals surface area (Å²) in [4.78, 5) is 12.5. The van der Waals surface area contributed by atoms with Crippen LogP contribution in [0.1, 0.15) is 5.56 Å². The number of nitrogens with zero attached hydrogens (tertiary/aromatic N) is 1. The predicted molar refractivity (Wildman–Crippen MR) is 79.3 cm³/mol. The van der Waals surface area contributed by atoms with Crippen LogP contribution in [0.15, 0.2) is 53.3 Å². The Labute approximate surface area is 120 Å². The van der Waals surface area contributed by atoms with Crippen molar-refractivity contribution in [1.82, 2.24) is 4.57 Å². The maximum absolute atomic E-state index is 14.0. The second-order valence-corrected chi connectivity index (χ2v) is 4.93. The lowest BCUT2D eigenvalue weighted by Crippen LogP contribution is -2.22. The van der Waals surface area contributed by atoms with E-state index in [0.717, 1.165) is 5.39 Å². The van der Waals surface area contributed by atoms with E-state index in [1.165, 1.54) is 10.6 Å². The van der Waals surface area contributed by atoms with Crippen LogP contribution in [0, 0.1) is 12.7 Å². The molecule has 0 saturated carbocycles. The lowest BCUT2D eigenvalue weighted by Gasteiger charge is -2.14. The van der Waals surface area contributed by atoms with Crippen molar-refractivity contribution in [3.05, 3.63) is 75.3 Å². The van der Waals surface area contributed by atoms with E-state index < -0.39 is 5.82 Å². The average Bonchev–Trinajstić information content (AvgIpc) is 2.47. The summed E-state index contributed by atoms with van der Waals surface area (Å²) < 4.78 is 15.4. The normalized spacial score (nSPS) is 10.9. The van der Waals surface area contributed by atoms with Gasteiger partial charge in [-0.2, -0.15) is 0 Å². The van der Waals surface area contributed by atoms with Crippen LogP contribution in [0.3, 0.4) is 0 Å². The first-order chi connectivity index (χ1) is 9.61. The van der Waals surface area contributed by atoms with Gasteiger partial charge >= 0.3 is 0 Å². The molecule has 0 spiro atoms. The number of aromatic nitrogens is 1. The summed E-state index contributed by atoms with van der Waals surface area (Å²) in [5, 5.41) is 1.15. The Morgan fingerprint density at radius 1 is 1.05 bits per heavy atom. The van der Waals surface area contributed by atoms with E-state index in [1.54, 1.807) is 37.3 Å². The second-order valence-electron chi connectivity index (χ2n) is 4.55. The Bertz CT molecular complexity index is 870. The SMILES string of the molecule is Cc1c(Cl)c2ccccc2n(-c2ccccc2F)c1=O. The fraction of sp³-hybridized carbons (Fsp3) is 0.0625. The molecular weight excluding hydrogens is 277 g/mol. The molecule has 3 aromatic rings. The molecule has 0 saturated heterocycles. The summed E-state index contributed by atoms with van der Waals surface area (Å²) in [5.41, 5.74) is 0.930. The summed E-state index contributed by atoms with van der Waals surface area (Å²) in [7, 11) is 0. The van der Waals surface area contributed by atoms with Crippen LogP contribution in [-0.2, 0) is 0 Å². The van der Waals surface area contributed by atoms with Gasteiger partial charge in [0.15, 0.2) is 0 Å². The van der Waals surface area contributed by atoms with Gasteiger partial charge in [0.05, 0.1) is 16.2 Å². The molecule has 0 radical (unpaired) electrons. The Kier molecular flexibility index (Phi) is 3.07. The van der Waals surface area contributed by atoms with Crippen LogP contribution < -0.4 is 5.56 Å². The third-order valence-electron chi connectivity index (χ3n) is 3.33. The number of para-hydroxylation sites is 2. The van der Waals surface area contributed by atoms with Gasteiger partial charge < -0.3 is 0 Å². The summed E-state index contributed by atoms with van der Waals surface area (Å²) in [6.45, 7) is 1.65. The van der Waals surface area contributed by atoms with Crippen molar-refractivity contribution >= 4 is 22.5 Å². The number of benzene rings is 2. The predicted octanol–water partition coefficient (Wildman–Crippen LogP) is 4.09. The zero-order valence-corrected chi connectivity index (χ0v) is 11.5. The van der Waals surface area contributed by atoms with Crippen LogP contribution >= 0.6 is 11.6 Å². The van der Waals surface area contributed by atoms with E-state index in [4.69, 9.17) is 11.6 Å². The number of rotatable bonds is 1. The maximum Gasteiger partial charge on any atom is 0.260 e. The van der Waals surface area contributed by atoms with E-state index >= 15 is 0 Å². The minimum atomic E-state index is -0.443. The van der Waals surface area contributed by atoms with E-state index in [2.05, 4.69) is 0 Å². The molecule has 3 rings (SSSR count). The Hall–Kier alpha value is -2.13. The molecule has 0 aliphatic carbocycles. The van der Waals surface area contributed by atoms with E-state index in [-0.39, 0.29) is 11.2 Å². The smallest absolute Gasteiger partial charge is 0.260 e. The largest absolute Gasteiger partial charge is 0.274 e. The number of hydrogen-bond acceptors (Lipinski definition) is 1. The summed E-state index contributed by atoms with van der Waals surface area (Å²) >= 11 is 6.22. The molecule has 1 heterocycles. The van der Waals surface area contributed by atoms with E-state index in [0.29, 0.717) is 16.1 Å². The third-order valence-corrected chi connectivity index (χ3v) is 3.81. The number of halogens is 2. The zero-order valence-electron chi connectivity index (χ0n) is 10.7. The van der Waals surface area contributed by atoms with Gasteiger partial charge in [-0.15, -0.1) is 0 Å². The van der Waals surface area contributed by atoms with E-state index in [1.807, 2.05) is 12.1 Å². The van der Waals surface area contributed by atoms with Gasteiger partial charge in [-0.1, -0.05) is 41.9 Å². The highest BCUT2D eigenvalue weighted by Gasteiger charge is 2.15. The minimum absolute atomic E-state index is 0.230. The monoisotopic (exact) mass is 287 g/mol. The van der Waals surface area contributed by atoms with Crippen LogP contribution in [0.25, 0.3) is 16.6 Å². The van der Waals surface area contributed by atoms with Gasteiger partial charge in [0, 0.05) is 10.9 Å². The van der Waals surface area contributed by atoms with Crippen molar-refractivity contribution in [2.45, 2.75) is 6.92 Å².